The third kappa shape index (κ3) is 5.32. The predicted octanol–water partition coefficient (Wildman–Crippen LogP) is 2.87. The lowest BCUT2D eigenvalue weighted by Gasteiger charge is -2.03. The number of amides is 1. The van der Waals surface area contributed by atoms with Crippen molar-refractivity contribution in [3.05, 3.63) is 54.3 Å². The average molecular weight is 382 g/mol. The topological polar surface area (TPSA) is 97.9 Å². The van der Waals surface area contributed by atoms with Crippen LogP contribution in [0.25, 0.3) is 17.4 Å². The lowest BCUT2D eigenvalue weighted by molar-refractivity contribution is -0.115. The van der Waals surface area contributed by atoms with Gasteiger partial charge in [-0.25, -0.2) is 0 Å². The van der Waals surface area contributed by atoms with Crippen molar-refractivity contribution in [3.63, 3.8) is 0 Å². The van der Waals surface area contributed by atoms with Crippen molar-refractivity contribution in [2.24, 2.45) is 0 Å². The van der Waals surface area contributed by atoms with Crippen LogP contribution in [-0.2, 0) is 11.3 Å². The maximum atomic E-state index is 12.0. The number of furan rings is 1. The molecule has 0 spiro atoms. The maximum Gasteiger partial charge on any atom is 0.269 e. The standard InChI is InChI=1S/C18H18N6O2S/c1-2-12-24-22-17(21-23-24)20-18(27)19-16(25)11-9-14-8-10-15(26-14)13-6-4-3-5-7-13/h3-11H,2,12H2,1H3,(H2,19,20,22,25,27)/b11-9+. The van der Waals surface area contributed by atoms with Crippen LogP contribution in [0.15, 0.2) is 53.0 Å². The number of tetrazole rings is 1. The van der Waals surface area contributed by atoms with Gasteiger partial charge in [0.05, 0.1) is 6.54 Å². The Kier molecular flexibility index (Phi) is 6.06. The van der Waals surface area contributed by atoms with Crippen molar-refractivity contribution in [2.75, 3.05) is 5.32 Å². The minimum atomic E-state index is -0.397. The van der Waals surface area contributed by atoms with Crippen LogP contribution >= 0.6 is 12.2 Å². The molecule has 0 aliphatic carbocycles. The molecule has 0 aliphatic rings. The van der Waals surface area contributed by atoms with Gasteiger partial charge in [-0.15, -0.1) is 5.10 Å². The fourth-order valence-corrected chi connectivity index (χ4v) is 2.42. The molecular formula is C18H18N6O2S. The summed E-state index contributed by atoms with van der Waals surface area (Å²) >= 11 is 5.07. The molecule has 27 heavy (non-hydrogen) atoms. The highest BCUT2D eigenvalue weighted by Gasteiger charge is 2.07. The molecule has 0 radical (unpaired) electrons. The number of hydrogen-bond acceptors (Lipinski definition) is 6. The van der Waals surface area contributed by atoms with Crippen LogP contribution in [0.2, 0.25) is 0 Å². The van der Waals surface area contributed by atoms with E-state index in [0.717, 1.165) is 17.7 Å². The molecule has 0 aliphatic heterocycles. The molecule has 0 saturated carbocycles. The van der Waals surface area contributed by atoms with Crippen molar-refractivity contribution in [3.8, 4) is 11.3 Å². The minimum absolute atomic E-state index is 0.0881. The van der Waals surface area contributed by atoms with E-state index in [1.807, 2.05) is 43.3 Å². The Hall–Kier alpha value is -3.33. The Morgan fingerprint density at radius 1 is 1.26 bits per heavy atom. The van der Waals surface area contributed by atoms with Crippen molar-refractivity contribution < 1.29 is 9.21 Å². The summed E-state index contributed by atoms with van der Waals surface area (Å²) in [6.45, 7) is 2.67. The third-order valence-corrected chi connectivity index (χ3v) is 3.63. The number of carbonyl (C=O) groups is 1. The molecule has 0 unspecified atom stereocenters. The highest BCUT2D eigenvalue weighted by Crippen LogP contribution is 2.22. The maximum absolute atomic E-state index is 12.0. The Labute approximate surface area is 161 Å². The second-order valence-corrected chi connectivity index (χ2v) is 5.96. The van der Waals surface area contributed by atoms with Crippen LogP contribution in [0.1, 0.15) is 19.1 Å². The zero-order valence-electron chi connectivity index (χ0n) is 14.6. The molecule has 0 saturated heterocycles. The smallest absolute Gasteiger partial charge is 0.269 e. The largest absolute Gasteiger partial charge is 0.457 e. The van der Waals surface area contributed by atoms with E-state index >= 15 is 0 Å². The Morgan fingerprint density at radius 3 is 2.85 bits per heavy atom. The molecule has 1 amide bonds. The molecule has 2 heterocycles. The first kappa shape index (κ1) is 18.5. The minimum Gasteiger partial charge on any atom is -0.457 e. The van der Waals surface area contributed by atoms with Crippen LogP contribution < -0.4 is 10.6 Å². The van der Waals surface area contributed by atoms with E-state index in [1.54, 1.807) is 12.1 Å². The number of aromatic nitrogens is 4. The van der Waals surface area contributed by atoms with E-state index in [9.17, 15) is 4.79 Å². The zero-order valence-corrected chi connectivity index (χ0v) is 15.4. The molecular weight excluding hydrogens is 364 g/mol. The van der Waals surface area contributed by atoms with Gasteiger partial charge in [-0.05, 0) is 42.1 Å². The van der Waals surface area contributed by atoms with Crippen LogP contribution in [-0.4, -0.2) is 31.2 Å². The van der Waals surface area contributed by atoms with Gasteiger partial charge in [0.1, 0.15) is 11.5 Å². The third-order valence-electron chi connectivity index (χ3n) is 3.42. The zero-order chi connectivity index (χ0) is 19.1. The summed E-state index contributed by atoms with van der Waals surface area (Å²) in [5, 5.41) is 17.1. The monoisotopic (exact) mass is 382 g/mol. The fourth-order valence-electron chi connectivity index (χ4n) is 2.23. The van der Waals surface area contributed by atoms with E-state index < -0.39 is 5.91 Å². The predicted molar refractivity (Wildman–Crippen MR) is 106 cm³/mol. The number of anilines is 1. The fraction of sp³-hybridized carbons (Fsp3) is 0.167. The van der Waals surface area contributed by atoms with E-state index in [1.165, 1.54) is 10.9 Å². The lowest BCUT2D eigenvalue weighted by atomic mass is 10.2. The quantitative estimate of drug-likeness (QED) is 0.500. The van der Waals surface area contributed by atoms with Gasteiger partial charge in [-0.3, -0.25) is 15.4 Å². The molecule has 0 fully saturated rings. The summed E-state index contributed by atoms with van der Waals surface area (Å²) in [6.07, 6.45) is 3.80. The number of nitrogens with one attached hydrogen (secondary N) is 2. The molecule has 0 bridgehead atoms. The van der Waals surface area contributed by atoms with Crippen LogP contribution in [0.4, 0.5) is 5.95 Å². The van der Waals surface area contributed by atoms with Crippen molar-refractivity contribution in [2.45, 2.75) is 19.9 Å². The SMILES string of the molecule is CCCn1nnc(NC(=S)NC(=O)/C=C/c2ccc(-c3ccccc3)o2)n1. The molecule has 0 atom stereocenters. The molecule has 3 aromatic rings. The summed E-state index contributed by atoms with van der Waals surface area (Å²) in [7, 11) is 0. The normalized spacial score (nSPS) is 10.9. The van der Waals surface area contributed by atoms with Crippen molar-refractivity contribution >= 4 is 35.3 Å². The first-order chi connectivity index (χ1) is 13.1. The molecule has 1 aromatic carbocycles. The molecule has 138 valence electrons. The summed E-state index contributed by atoms with van der Waals surface area (Å²) in [5.41, 5.74) is 0.968. The van der Waals surface area contributed by atoms with Crippen molar-refractivity contribution in [1.82, 2.24) is 25.5 Å². The number of aryl methyl sites for hydroxylation is 1. The Bertz CT molecular complexity index is 948. The number of thiocarbonyl (C=S) groups is 1. The molecule has 3 rings (SSSR count). The number of carbonyl (C=O) groups excluding carboxylic acids is 1. The van der Waals surface area contributed by atoms with Gasteiger partial charge in [0, 0.05) is 11.6 Å². The van der Waals surface area contributed by atoms with Crippen molar-refractivity contribution in [1.29, 1.82) is 0 Å². The highest BCUT2D eigenvalue weighted by molar-refractivity contribution is 7.80. The second-order valence-electron chi connectivity index (χ2n) is 5.55. The van der Waals surface area contributed by atoms with Gasteiger partial charge in [-0.2, -0.15) is 4.80 Å². The van der Waals surface area contributed by atoms with Gasteiger partial charge in [-0.1, -0.05) is 42.4 Å². The highest BCUT2D eigenvalue weighted by atomic mass is 32.1. The number of hydrogen-bond donors (Lipinski definition) is 2. The van der Waals surface area contributed by atoms with E-state index in [-0.39, 0.29) is 11.1 Å². The lowest BCUT2D eigenvalue weighted by Crippen LogP contribution is -2.33. The molecule has 2 aromatic heterocycles. The Balaban J connectivity index is 1.52. The average Bonchev–Trinajstić information content (AvgIpc) is 3.31. The Morgan fingerprint density at radius 2 is 2.07 bits per heavy atom. The van der Waals surface area contributed by atoms with Gasteiger partial charge in [0.15, 0.2) is 5.11 Å². The van der Waals surface area contributed by atoms with Crippen LogP contribution in [0, 0.1) is 0 Å². The second kappa shape index (κ2) is 8.86. The van der Waals surface area contributed by atoms with E-state index in [0.29, 0.717) is 12.3 Å². The molecule has 2 N–H and O–H groups in total. The van der Waals surface area contributed by atoms with Gasteiger partial charge in [0.25, 0.3) is 5.95 Å². The first-order valence-corrected chi connectivity index (χ1v) is 8.78. The number of benzene rings is 1. The van der Waals surface area contributed by atoms with Gasteiger partial charge >= 0.3 is 0 Å². The number of nitrogens with zero attached hydrogens (tertiary/aromatic N) is 4. The van der Waals surface area contributed by atoms with Gasteiger partial charge in [0.2, 0.25) is 5.91 Å². The van der Waals surface area contributed by atoms with E-state index in [4.69, 9.17) is 16.6 Å². The van der Waals surface area contributed by atoms with Crippen LogP contribution in [0.3, 0.4) is 0 Å². The van der Waals surface area contributed by atoms with Crippen LogP contribution in [0.5, 0.6) is 0 Å². The number of rotatable bonds is 6. The summed E-state index contributed by atoms with van der Waals surface area (Å²) in [5.74, 6) is 1.13. The first-order valence-electron chi connectivity index (χ1n) is 8.37. The summed E-state index contributed by atoms with van der Waals surface area (Å²) < 4.78 is 5.70. The van der Waals surface area contributed by atoms with Gasteiger partial charge < -0.3 is 4.42 Å². The summed E-state index contributed by atoms with van der Waals surface area (Å²) in [4.78, 5) is 13.4. The molecule has 9 heteroatoms. The van der Waals surface area contributed by atoms with E-state index in [2.05, 4.69) is 26.0 Å². The summed E-state index contributed by atoms with van der Waals surface area (Å²) in [6, 6.07) is 13.4. The molecule has 8 nitrogen and oxygen atoms in total.